The van der Waals surface area contributed by atoms with Crippen molar-refractivity contribution < 1.29 is 19.4 Å². The molecule has 0 spiro atoms. The van der Waals surface area contributed by atoms with Crippen LogP contribution in [-0.2, 0) is 14.3 Å². The Morgan fingerprint density at radius 3 is 2.54 bits per heavy atom. The third-order valence-electron chi connectivity index (χ3n) is 4.84. The normalized spacial score (nSPS) is 27.6. The second kappa shape index (κ2) is 9.34. The third kappa shape index (κ3) is 5.72. The van der Waals surface area contributed by atoms with Gasteiger partial charge in [-0.25, -0.2) is 0 Å². The quantitative estimate of drug-likeness (QED) is 0.573. The first-order valence-corrected chi connectivity index (χ1v) is 8.97. The lowest BCUT2D eigenvalue weighted by Crippen LogP contribution is -2.52. The van der Waals surface area contributed by atoms with Gasteiger partial charge in [0.25, 0.3) is 0 Å². The minimum Gasteiger partial charge on any atom is -0.394 e. The molecule has 1 heterocycles. The lowest BCUT2D eigenvalue weighted by molar-refractivity contribution is -0.130. The van der Waals surface area contributed by atoms with Gasteiger partial charge in [0.2, 0.25) is 11.8 Å². The first kappa shape index (κ1) is 19.1. The Kier molecular flexibility index (Phi) is 7.45. The number of nitrogens with zero attached hydrogens (tertiary/aromatic N) is 1. The van der Waals surface area contributed by atoms with Gasteiger partial charge < -0.3 is 25.4 Å². The highest BCUT2D eigenvalue weighted by Crippen LogP contribution is 2.26. The average Bonchev–Trinajstić information content (AvgIpc) is 2.45. The van der Waals surface area contributed by atoms with E-state index in [1.54, 1.807) is 4.90 Å². The Labute approximate surface area is 144 Å². The number of nitrogens with one attached hydrogen (secondary N) is 2. The summed E-state index contributed by atoms with van der Waals surface area (Å²) < 4.78 is 5.91. The summed E-state index contributed by atoms with van der Waals surface area (Å²) >= 11 is 0. The van der Waals surface area contributed by atoms with Crippen LogP contribution in [0.2, 0.25) is 0 Å². The Bertz CT molecular complexity index is 426. The van der Waals surface area contributed by atoms with E-state index in [0.29, 0.717) is 13.1 Å². The Morgan fingerprint density at radius 1 is 1.21 bits per heavy atom. The predicted octanol–water partition coefficient (Wildman–Crippen LogP) is -0.121. The molecule has 7 heteroatoms. The summed E-state index contributed by atoms with van der Waals surface area (Å²) in [6.07, 6.45) is 5.16. The van der Waals surface area contributed by atoms with Gasteiger partial charge in [-0.1, -0.05) is 6.42 Å². The first-order valence-electron chi connectivity index (χ1n) is 8.97. The van der Waals surface area contributed by atoms with Gasteiger partial charge in [0.05, 0.1) is 25.3 Å². The topological polar surface area (TPSA) is 90.9 Å². The summed E-state index contributed by atoms with van der Waals surface area (Å²) in [7, 11) is 3.68. The van der Waals surface area contributed by atoms with Gasteiger partial charge in [-0.05, 0) is 46.2 Å². The van der Waals surface area contributed by atoms with Crippen molar-refractivity contribution in [3.05, 3.63) is 0 Å². The summed E-state index contributed by atoms with van der Waals surface area (Å²) in [5, 5.41) is 15.5. The predicted molar refractivity (Wildman–Crippen MR) is 90.4 cm³/mol. The van der Waals surface area contributed by atoms with Crippen LogP contribution in [0.15, 0.2) is 0 Å². The smallest absolute Gasteiger partial charge is 0.234 e. The van der Waals surface area contributed by atoms with E-state index in [4.69, 9.17) is 4.74 Å². The van der Waals surface area contributed by atoms with E-state index in [2.05, 4.69) is 10.6 Å². The maximum atomic E-state index is 11.9. The van der Waals surface area contributed by atoms with Crippen LogP contribution in [0.4, 0.5) is 0 Å². The van der Waals surface area contributed by atoms with Gasteiger partial charge in [0, 0.05) is 12.5 Å². The highest BCUT2D eigenvalue weighted by Gasteiger charge is 2.32. The number of ether oxygens (including phenoxy) is 1. The summed E-state index contributed by atoms with van der Waals surface area (Å²) in [5.74, 6) is 0.307. The highest BCUT2D eigenvalue weighted by molar-refractivity contribution is 5.79. The fourth-order valence-electron chi connectivity index (χ4n) is 3.22. The zero-order valence-electron chi connectivity index (χ0n) is 14.8. The lowest BCUT2D eigenvalue weighted by atomic mass is 9.85. The molecule has 1 saturated heterocycles. The molecule has 3 atom stereocenters. The summed E-state index contributed by atoms with van der Waals surface area (Å²) in [6, 6.07) is -0.150. The molecule has 24 heavy (non-hydrogen) atoms. The minimum absolute atomic E-state index is 0.0193. The number of likely N-dealkylation sites (N-methyl/N-ethyl adjacent to an activating group) is 1. The van der Waals surface area contributed by atoms with E-state index in [0.717, 1.165) is 38.5 Å². The molecule has 0 aromatic carbocycles. The van der Waals surface area contributed by atoms with Crippen molar-refractivity contribution in [2.45, 2.75) is 56.8 Å². The van der Waals surface area contributed by atoms with E-state index in [-0.39, 0.29) is 42.6 Å². The highest BCUT2D eigenvalue weighted by atomic mass is 16.5. The van der Waals surface area contributed by atoms with E-state index < -0.39 is 0 Å². The van der Waals surface area contributed by atoms with Crippen molar-refractivity contribution >= 4 is 11.8 Å². The van der Waals surface area contributed by atoms with Crippen molar-refractivity contribution in [3.63, 3.8) is 0 Å². The molecule has 1 aliphatic heterocycles. The molecule has 7 nitrogen and oxygen atoms in total. The molecule has 138 valence electrons. The molecule has 0 bridgehead atoms. The SMILES string of the molecule is CN(C)CC(=O)N[C@@H]1CC[C@H](CCNC(=O)C2CCC2)O[C@@H]1CO. The van der Waals surface area contributed by atoms with Crippen molar-refractivity contribution in [1.82, 2.24) is 15.5 Å². The Hall–Kier alpha value is -1.18. The van der Waals surface area contributed by atoms with Crippen molar-refractivity contribution in [3.8, 4) is 0 Å². The zero-order chi connectivity index (χ0) is 17.5. The maximum absolute atomic E-state index is 11.9. The monoisotopic (exact) mass is 341 g/mol. The number of hydrogen-bond donors (Lipinski definition) is 3. The fourth-order valence-corrected chi connectivity index (χ4v) is 3.22. The van der Waals surface area contributed by atoms with Crippen molar-refractivity contribution in [2.75, 3.05) is 33.8 Å². The number of aliphatic hydroxyl groups excluding tert-OH is 1. The number of carbonyl (C=O) groups is 2. The number of carbonyl (C=O) groups excluding carboxylic acids is 2. The van der Waals surface area contributed by atoms with Gasteiger partial charge >= 0.3 is 0 Å². The van der Waals surface area contributed by atoms with Gasteiger partial charge in [0.15, 0.2) is 0 Å². The van der Waals surface area contributed by atoms with Gasteiger partial charge in [-0.2, -0.15) is 0 Å². The van der Waals surface area contributed by atoms with Crippen LogP contribution < -0.4 is 10.6 Å². The van der Waals surface area contributed by atoms with Crippen LogP contribution in [0.3, 0.4) is 0 Å². The van der Waals surface area contributed by atoms with Crippen molar-refractivity contribution in [2.24, 2.45) is 5.92 Å². The molecule has 0 unspecified atom stereocenters. The van der Waals surface area contributed by atoms with Gasteiger partial charge in [0.1, 0.15) is 6.10 Å². The van der Waals surface area contributed by atoms with E-state index in [1.165, 1.54) is 0 Å². The number of hydrogen-bond acceptors (Lipinski definition) is 5. The van der Waals surface area contributed by atoms with Crippen LogP contribution >= 0.6 is 0 Å². The van der Waals surface area contributed by atoms with Crippen LogP contribution in [0.5, 0.6) is 0 Å². The molecule has 1 saturated carbocycles. The number of rotatable bonds is 8. The Morgan fingerprint density at radius 2 is 1.96 bits per heavy atom. The molecule has 2 fully saturated rings. The van der Waals surface area contributed by atoms with E-state index >= 15 is 0 Å². The molecular formula is C17H31N3O4. The first-order chi connectivity index (χ1) is 11.5. The van der Waals surface area contributed by atoms with E-state index in [1.807, 2.05) is 14.1 Å². The fraction of sp³-hybridized carbons (Fsp3) is 0.882. The maximum Gasteiger partial charge on any atom is 0.234 e. The number of amides is 2. The molecule has 2 rings (SSSR count). The second-order valence-electron chi connectivity index (χ2n) is 7.18. The third-order valence-corrected chi connectivity index (χ3v) is 4.84. The summed E-state index contributed by atoms with van der Waals surface area (Å²) in [6.45, 7) is 0.818. The molecule has 1 aliphatic carbocycles. The molecule has 0 radical (unpaired) electrons. The van der Waals surface area contributed by atoms with Crippen LogP contribution in [0.1, 0.15) is 38.5 Å². The van der Waals surface area contributed by atoms with E-state index in [9.17, 15) is 14.7 Å². The largest absolute Gasteiger partial charge is 0.394 e. The number of aliphatic hydroxyl groups is 1. The van der Waals surface area contributed by atoms with Gasteiger partial charge in [-0.15, -0.1) is 0 Å². The molecular weight excluding hydrogens is 310 g/mol. The lowest BCUT2D eigenvalue weighted by Gasteiger charge is -2.36. The van der Waals surface area contributed by atoms with Crippen LogP contribution in [0.25, 0.3) is 0 Å². The molecule has 0 aromatic heterocycles. The minimum atomic E-state index is -0.378. The van der Waals surface area contributed by atoms with Crippen LogP contribution in [0, 0.1) is 5.92 Å². The standard InChI is InChI=1S/C17H31N3O4/c1-20(2)10-16(22)19-14-7-6-13(24-15(14)11-21)8-9-18-17(23)12-4-3-5-12/h12-15,21H,3-11H2,1-2H3,(H,18,23)(H,19,22)/t13-,14-,15-/m1/s1. The zero-order valence-corrected chi connectivity index (χ0v) is 14.8. The average molecular weight is 341 g/mol. The second-order valence-corrected chi connectivity index (χ2v) is 7.18. The molecule has 2 aliphatic rings. The molecule has 0 aromatic rings. The summed E-state index contributed by atoms with van der Waals surface area (Å²) in [5.41, 5.74) is 0. The summed E-state index contributed by atoms with van der Waals surface area (Å²) in [4.78, 5) is 25.5. The van der Waals surface area contributed by atoms with Crippen molar-refractivity contribution in [1.29, 1.82) is 0 Å². The molecule has 2 amide bonds. The Balaban J connectivity index is 1.69. The van der Waals surface area contributed by atoms with Crippen LogP contribution in [-0.4, -0.2) is 73.9 Å². The molecule has 3 N–H and O–H groups in total. The van der Waals surface area contributed by atoms with Gasteiger partial charge in [-0.3, -0.25) is 9.59 Å².